The van der Waals surface area contributed by atoms with Crippen molar-refractivity contribution in [1.29, 1.82) is 0 Å². The lowest BCUT2D eigenvalue weighted by atomic mass is 9.80. The second-order valence-corrected chi connectivity index (χ2v) is 6.03. The van der Waals surface area contributed by atoms with Crippen molar-refractivity contribution in [2.45, 2.75) is 45.6 Å². The standard InChI is InChI=1S/C14H21ClN4/c1-9-13-14(18(3)17-9)19(12(16-13)7-8-15)10(2)11-5-4-6-11/h10-11H,4-8H2,1-3H3. The Kier molecular flexibility index (Phi) is 3.29. The van der Waals surface area contributed by atoms with Crippen LogP contribution in [-0.4, -0.2) is 25.2 Å². The summed E-state index contributed by atoms with van der Waals surface area (Å²) in [4.78, 5) is 4.78. The normalized spacial score (nSPS) is 17.9. The van der Waals surface area contributed by atoms with Gasteiger partial charge in [0.25, 0.3) is 0 Å². The fourth-order valence-corrected chi connectivity index (χ4v) is 3.33. The fraction of sp³-hybridized carbons (Fsp3) is 0.714. The summed E-state index contributed by atoms with van der Waals surface area (Å²) in [5.74, 6) is 2.51. The number of halogens is 1. The lowest BCUT2D eigenvalue weighted by molar-refractivity contribution is 0.221. The molecule has 19 heavy (non-hydrogen) atoms. The first-order chi connectivity index (χ1) is 9.13. The third kappa shape index (κ3) is 1.97. The number of alkyl halides is 1. The van der Waals surface area contributed by atoms with E-state index in [2.05, 4.69) is 16.6 Å². The summed E-state index contributed by atoms with van der Waals surface area (Å²) in [6.45, 7) is 4.34. The summed E-state index contributed by atoms with van der Waals surface area (Å²) in [7, 11) is 2.01. The highest BCUT2D eigenvalue weighted by atomic mass is 35.5. The second-order valence-electron chi connectivity index (χ2n) is 5.65. The van der Waals surface area contributed by atoms with Gasteiger partial charge in [0, 0.05) is 25.4 Å². The first-order valence-corrected chi connectivity index (χ1v) is 7.63. The van der Waals surface area contributed by atoms with Crippen LogP contribution in [0.1, 0.15) is 43.7 Å². The van der Waals surface area contributed by atoms with Crippen molar-refractivity contribution in [3.63, 3.8) is 0 Å². The van der Waals surface area contributed by atoms with Gasteiger partial charge in [-0.3, -0.25) is 4.68 Å². The van der Waals surface area contributed by atoms with E-state index in [0.29, 0.717) is 11.9 Å². The zero-order chi connectivity index (χ0) is 13.6. The molecule has 0 amide bonds. The molecule has 0 aliphatic heterocycles. The predicted octanol–water partition coefficient (Wildman–Crippen LogP) is 3.22. The van der Waals surface area contributed by atoms with Gasteiger partial charge in [-0.1, -0.05) is 6.42 Å². The van der Waals surface area contributed by atoms with Gasteiger partial charge < -0.3 is 4.57 Å². The first-order valence-electron chi connectivity index (χ1n) is 7.10. The molecule has 1 unspecified atom stereocenters. The number of nitrogens with zero attached hydrogens (tertiary/aromatic N) is 4. The van der Waals surface area contributed by atoms with Gasteiger partial charge in [-0.15, -0.1) is 11.6 Å². The van der Waals surface area contributed by atoms with Crippen LogP contribution in [0, 0.1) is 12.8 Å². The van der Waals surface area contributed by atoms with Gasteiger partial charge in [-0.05, 0) is 32.6 Å². The molecule has 1 fully saturated rings. The van der Waals surface area contributed by atoms with Crippen molar-refractivity contribution in [2.75, 3.05) is 5.88 Å². The number of aryl methyl sites for hydroxylation is 3. The highest BCUT2D eigenvalue weighted by Gasteiger charge is 2.29. The lowest BCUT2D eigenvalue weighted by Crippen LogP contribution is -2.25. The number of rotatable bonds is 4. The van der Waals surface area contributed by atoms with E-state index in [1.54, 1.807) is 0 Å². The van der Waals surface area contributed by atoms with Gasteiger partial charge in [0.15, 0.2) is 5.65 Å². The zero-order valence-corrected chi connectivity index (χ0v) is 12.6. The second kappa shape index (κ2) is 4.82. The molecular weight excluding hydrogens is 260 g/mol. The van der Waals surface area contributed by atoms with Crippen LogP contribution in [0.4, 0.5) is 0 Å². The molecule has 104 valence electrons. The highest BCUT2D eigenvalue weighted by Crippen LogP contribution is 2.38. The number of hydrogen-bond acceptors (Lipinski definition) is 2. The van der Waals surface area contributed by atoms with Gasteiger partial charge in [0.2, 0.25) is 0 Å². The van der Waals surface area contributed by atoms with Gasteiger partial charge >= 0.3 is 0 Å². The molecule has 2 heterocycles. The molecule has 0 radical (unpaired) electrons. The maximum atomic E-state index is 5.94. The molecule has 0 spiro atoms. The Bertz CT molecular complexity index is 594. The molecule has 0 saturated heterocycles. The van der Waals surface area contributed by atoms with Crippen LogP contribution in [0.2, 0.25) is 0 Å². The minimum absolute atomic E-state index is 0.492. The van der Waals surface area contributed by atoms with Gasteiger partial charge in [-0.2, -0.15) is 5.10 Å². The van der Waals surface area contributed by atoms with Crippen molar-refractivity contribution in [3.8, 4) is 0 Å². The smallest absolute Gasteiger partial charge is 0.158 e. The molecule has 1 saturated carbocycles. The first kappa shape index (κ1) is 13.0. The lowest BCUT2D eigenvalue weighted by Gasteiger charge is -2.33. The zero-order valence-electron chi connectivity index (χ0n) is 11.9. The van der Waals surface area contributed by atoms with Gasteiger partial charge in [0.05, 0.1) is 5.69 Å². The molecule has 5 heteroatoms. The van der Waals surface area contributed by atoms with Crippen LogP contribution in [0.15, 0.2) is 0 Å². The van der Waals surface area contributed by atoms with Gasteiger partial charge in [0.1, 0.15) is 11.3 Å². The third-order valence-corrected chi connectivity index (χ3v) is 4.65. The minimum Gasteiger partial charge on any atom is -0.310 e. The predicted molar refractivity (Wildman–Crippen MR) is 77.7 cm³/mol. The third-order valence-electron chi connectivity index (χ3n) is 4.47. The number of aromatic nitrogens is 4. The quantitative estimate of drug-likeness (QED) is 0.806. The van der Waals surface area contributed by atoms with E-state index in [0.717, 1.165) is 35.0 Å². The Morgan fingerprint density at radius 2 is 2.16 bits per heavy atom. The van der Waals surface area contributed by atoms with E-state index in [9.17, 15) is 0 Å². The average molecular weight is 281 g/mol. The molecular formula is C14H21ClN4. The van der Waals surface area contributed by atoms with Gasteiger partial charge in [-0.25, -0.2) is 4.98 Å². The Morgan fingerprint density at radius 1 is 1.42 bits per heavy atom. The van der Waals surface area contributed by atoms with Crippen LogP contribution < -0.4 is 0 Å². The maximum absolute atomic E-state index is 5.94. The van der Waals surface area contributed by atoms with Crippen molar-refractivity contribution in [1.82, 2.24) is 19.3 Å². The Balaban J connectivity index is 2.14. The summed E-state index contributed by atoms with van der Waals surface area (Å²) in [6.07, 6.45) is 4.85. The van der Waals surface area contributed by atoms with E-state index in [-0.39, 0.29) is 0 Å². The Labute approximate surface area is 118 Å². The molecule has 2 aromatic heterocycles. The molecule has 0 aromatic carbocycles. The molecule has 3 rings (SSSR count). The van der Waals surface area contributed by atoms with Crippen LogP contribution in [0.5, 0.6) is 0 Å². The van der Waals surface area contributed by atoms with Crippen molar-refractivity contribution < 1.29 is 0 Å². The highest BCUT2D eigenvalue weighted by molar-refractivity contribution is 6.17. The maximum Gasteiger partial charge on any atom is 0.158 e. The average Bonchev–Trinajstić information content (AvgIpc) is 2.77. The molecule has 1 aliphatic carbocycles. The monoisotopic (exact) mass is 280 g/mol. The SMILES string of the molecule is Cc1nn(C)c2c1nc(CCCl)n2C(C)C1CCC1. The van der Waals surface area contributed by atoms with E-state index >= 15 is 0 Å². The minimum atomic E-state index is 0.492. The Morgan fingerprint density at radius 3 is 2.74 bits per heavy atom. The van der Waals surface area contributed by atoms with Crippen LogP contribution in [0.25, 0.3) is 11.2 Å². The van der Waals surface area contributed by atoms with E-state index < -0.39 is 0 Å². The molecule has 0 N–H and O–H groups in total. The topological polar surface area (TPSA) is 35.6 Å². The Hall–Kier alpha value is -1.03. The summed E-state index contributed by atoms with van der Waals surface area (Å²) >= 11 is 5.94. The summed E-state index contributed by atoms with van der Waals surface area (Å²) in [6, 6.07) is 0.492. The van der Waals surface area contributed by atoms with Crippen LogP contribution in [-0.2, 0) is 13.5 Å². The van der Waals surface area contributed by atoms with E-state index in [1.807, 2.05) is 18.7 Å². The van der Waals surface area contributed by atoms with Crippen molar-refractivity contribution in [2.24, 2.45) is 13.0 Å². The summed E-state index contributed by atoms with van der Waals surface area (Å²) < 4.78 is 4.34. The molecule has 2 aromatic rings. The van der Waals surface area contributed by atoms with Crippen LogP contribution >= 0.6 is 11.6 Å². The number of fused-ring (bicyclic) bond motifs is 1. The number of hydrogen-bond donors (Lipinski definition) is 0. The molecule has 1 aliphatic rings. The summed E-state index contributed by atoms with van der Waals surface area (Å²) in [5.41, 5.74) is 3.19. The number of imidazole rings is 1. The summed E-state index contributed by atoms with van der Waals surface area (Å²) in [5, 5.41) is 4.50. The van der Waals surface area contributed by atoms with Crippen molar-refractivity contribution >= 4 is 22.8 Å². The van der Waals surface area contributed by atoms with E-state index in [1.165, 1.54) is 19.3 Å². The fourth-order valence-electron chi connectivity index (χ4n) is 3.16. The molecule has 1 atom stereocenters. The van der Waals surface area contributed by atoms with E-state index in [4.69, 9.17) is 16.6 Å². The molecule has 4 nitrogen and oxygen atoms in total. The molecule has 0 bridgehead atoms. The largest absolute Gasteiger partial charge is 0.310 e. The van der Waals surface area contributed by atoms with Crippen LogP contribution in [0.3, 0.4) is 0 Å². The van der Waals surface area contributed by atoms with Crippen molar-refractivity contribution in [3.05, 3.63) is 11.5 Å².